The van der Waals surface area contributed by atoms with Crippen LogP contribution in [0.25, 0.3) is 33.4 Å². The van der Waals surface area contributed by atoms with Crippen molar-refractivity contribution in [2.75, 3.05) is 12.4 Å². The zero-order valence-corrected chi connectivity index (χ0v) is 19.0. The van der Waals surface area contributed by atoms with Crippen LogP contribution in [-0.4, -0.2) is 37.7 Å². The third-order valence-corrected chi connectivity index (χ3v) is 5.59. The second kappa shape index (κ2) is 8.74. The summed E-state index contributed by atoms with van der Waals surface area (Å²) in [4.78, 5) is 26.2. The maximum atomic E-state index is 13.0. The number of methoxy groups -OCH3 is 1. The molecule has 8 heteroatoms. The van der Waals surface area contributed by atoms with E-state index in [4.69, 9.17) is 4.74 Å². The fourth-order valence-corrected chi connectivity index (χ4v) is 3.95. The minimum atomic E-state index is -0.270. The monoisotopic (exact) mass is 450 g/mol. The maximum absolute atomic E-state index is 13.0. The van der Waals surface area contributed by atoms with E-state index in [9.17, 15) is 4.79 Å². The van der Waals surface area contributed by atoms with E-state index in [0.29, 0.717) is 33.9 Å². The second-order valence-electron chi connectivity index (χ2n) is 7.81. The van der Waals surface area contributed by atoms with Gasteiger partial charge in [0.05, 0.1) is 29.6 Å². The van der Waals surface area contributed by atoms with E-state index in [0.717, 1.165) is 22.2 Å². The molecular formula is C26H22N6O2. The molecule has 0 fully saturated rings. The number of nitrogens with one attached hydrogen (secondary N) is 1. The first-order chi connectivity index (χ1) is 16.5. The van der Waals surface area contributed by atoms with Gasteiger partial charge in [0.15, 0.2) is 0 Å². The molecular weight excluding hydrogens is 428 g/mol. The average molecular weight is 451 g/mol. The fourth-order valence-electron chi connectivity index (χ4n) is 3.95. The standard InChI is InChI=1S/C26H22N6O2/c1-16-18(10-7-11-27-16)26(33)30-22-12-19-21(13-23(22)34-3)28-15-29-25(19)20-14-32(2)31-24(20)17-8-5-4-6-9-17/h4-15H,1-3H3,(H,30,33). The number of rotatable bonds is 5. The number of carbonyl (C=O) groups is 1. The summed E-state index contributed by atoms with van der Waals surface area (Å²) in [6.45, 7) is 1.80. The number of ether oxygens (including phenoxy) is 1. The molecule has 0 saturated carbocycles. The Labute approximate surface area is 196 Å². The van der Waals surface area contributed by atoms with Crippen molar-refractivity contribution in [2.24, 2.45) is 7.05 Å². The van der Waals surface area contributed by atoms with Crippen molar-refractivity contribution < 1.29 is 9.53 Å². The third kappa shape index (κ3) is 3.86. The average Bonchev–Trinajstić information content (AvgIpc) is 3.25. The first-order valence-corrected chi connectivity index (χ1v) is 10.7. The van der Waals surface area contributed by atoms with Gasteiger partial charge in [-0.05, 0) is 25.1 Å². The summed E-state index contributed by atoms with van der Waals surface area (Å²) in [6, 6.07) is 17.1. The van der Waals surface area contributed by atoms with Crippen LogP contribution in [0.5, 0.6) is 5.75 Å². The van der Waals surface area contributed by atoms with Crippen LogP contribution >= 0.6 is 0 Å². The Balaban J connectivity index is 1.65. The number of hydrogen-bond donors (Lipinski definition) is 1. The van der Waals surface area contributed by atoms with Crippen molar-refractivity contribution in [3.8, 4) is 28.3 Å². The van der Waals surface area contributed by atoms with E-state index in [-0.39, 0.29) is 5.91 Å². The summed E-state index contributed by atoms with van der Waals surface area (Å²) in [5, 5.41) is 8.40. The molecule has 0 aliphatic rings. The molecule has 34 heavy (non-hydrogen) atoms. The largest absolute Gasteiger partial charge is 0.494 e. The summed E-state index contributed by atoms with van der Waals surface area (Å²) in [7, 11) is 3.44. The van der Waals surface area contributed by atoms with Crippen molar-refractivity contribution in [3.05, 3.63) is 84.6 Å². The predicted octanol–water partition coefficient (Wildman–Crippen LogP) is 4.66. The van der Waals surface area contributed by atoms with Gasteiger partial charge < -0.3 is 10.1 Å². The molecule has 5 rings (SSSR count). The number of hydrogen-bond acceptors (Lipinski definition) is 6. The minimum Gasteiger partial charge on any atom is -0.494 e. The molecule has 3 heterocycles. The zero-order chi connectivity index (χ0) is 23.7. The van der Waals surface area contributed by atoms with Crippen LogP contribution in [0.3, 0.4) is 0 Å². The van der Waals surface area contributed by atoms with Crippen LogP contribution < -0.4 is 10.1 Å². The summed E-state index contributed by atoms with van der Waals surface area (Å²) in [6.07, 6.45) is 5.12. The van der Waals surface area contributed by atoms with Crippen molar-refractivity contribution in [2.45, 2.75) is 6.92 Å². The molecule has 2 aromatic carbocycles. The fraction of sp³-hybridized carbons (Fsp3) is 0.115. The van der Waals surface area contributed by atoms with Crippen LogP contribution in [0.2, 0.25) is 0 Å². The SMILES string of the molecule is COc1cc2ncnc(-c3cn(C)nc3-c3ccccc3)c2cc1NC(=O)c1cccnc1C. The molecule has 0 aliphatic heterocycles. The van der Waals surface area contributed by atoms with Gasteiger partial charge in [-0.15, -0.1) is 0 Å². The Morgan fingerprint density at radius 1 is 1.00 bits per heavy atom. The highest BCUT2D eigenvalue weighted by Gasteiger charge is 2.19. The lowest BCUT2D eigenvalue weighted by atomic mass is 10.0. The highest BCUT2D eigenvalue weighted by molar-refractivity contribution is 6.08. The Hall–Kier alpha value is -4.59. The number of anilines is 1. The minimum absolute atomic E-state index is 0.270. The molecule has 0 unspecified atom stereocenters. The molecule has 0 radical (unpaired) electrons. The molecule has 1 N–H and O–H groups in total. The Bertz CT molecular complexity index is 1510. The van der Waals surface area contributed by atoms with E-state index in [1.54, 1.807) is 43.1 Å². The van der Waals surface area contributed by atoms with Crippen molar-refractivity contribution in [1.82, 2.24) is 24.7 Å². The lowest BCUT2D eigenvalue weighted by Crippen LogP contribution is -2.14. The molecule has 0 bridgehead atoms. The molecule has 8 nitrogen and oxygen atoms in total. The predicted molar refractivity (Wildman–Crippen MR) is 131 cm³/mol. The number of pyridine rings is 1. The number of benzene rings is 2. The van der Waals surface area contributed by atoms with Crippen molar-refractivity contribution >= 4 is 22.5 Å². The van der Waals surface area contributed by atoms with E-state index < -0.39 is 0 Å². The van der Waals surface area contributed by atoms with Crippen LogP contribution in [0.4, 0.5) is 5.69 Å². The molecule has 3 aromatic heterocycles. The number of amides is 1. The zero-order valence-electron chi connectivity index (χ0n) is 19.0. The summed E-state index contributed by atoms with van der Waals surface area (Å²) < 4.78 is 7.32. The smallest absolute Gasteiger partial charge is 0.257 e. The van der Waals surface area contributed by atoms with Crippen LogP contribution in [0, 0.1) is 6.92 Å². The Morgan fingerprint density at radius 3 is 2.59 bits per heavy atom. The van der Waals surface area contributed by atoms with Gasteiger partial charge in [0.25, 0.3) is 5.91 Å². The molecule has 0 aliphatic carbocycles. The first kappa shape index (κ1) is 21.3. The molecule has 0 atom stereocenters. The van der Waals surface area contributed by atoms with Gasteiger partial charge in [-0.25, -0.2) is 9.97 Å². The topological polar surface area (TPSA) is 94.8 Å². The number of carbonyl (C=O) groups excluding carboxylic acids is 1. The second-order valence-corrected chi connectivity index (χ2v) is 7.81. The van der Waals surface area contributed by atoms with Gasteiger partial charge in [-0.2, -0.15) is 5.10 Å². The maximum Gasteiger partial charge on any atom is 0.257 e. The van der Waals surface area contributed by atoms with Gasteiger partial charge >= 0.3 is 0 Å². The van der Waals surface area contributed by atoms with Crippen LogP contribution in [0.1, 0.15) is 16.1 Å². The lowest BCUT2D eigenvalue weighted by molar-refractivity contribution is 0.102. The Morgan fingerprint density at radius 2 is 1.82 bits per heavy atom. The van der Waals surface area contributed by atoms with Gasteiger partial charge in [0, 0.05) is 47.7 Å². The van der Waals surface area contributed by atoms with Crippen molar-refractivity contribution in [3.63, 3.8) is 0 Å². The van der Waals surface area contributed by atoms with Gasteiger partial charge in [-0.1, -0.05) is 30.3 Å². The highest BCUT2D eigenvalue weighted by Crippen LogP contribution is 2.37. The van der Waals surface area contributed by atoms with Gasteiger partial charge in [-0.3, -0.25) is 14.5 Å². The Kier molecular flexibility index (Phi) is 5.47. The third-order valence-electron chi connectivity index (χ3n) is 5.59. The number of nitrogens with zero attached hydrogens (tertiary/aromatic N) is 5. The van der Waals surface area contributed by atoms with Crippen LogP contribution in [0.15, 0.2) is 73.3 Å². The molecule has 5 aromatic rings. The highest BCUT2D eigenvalue weighted by atomic mass is 16.5. The summed E-state index contributed by atoms with van der Waals surface area (Å²) >= 11 is 0. The van der Waals surface area contributed by atoms with Crippen LogP contribution in [-0.2, 0) is 7.05 Å². The molecule has 0 saturated heterocycles. The van der Waals surface area contributed by atoms with E-state index >= 15 is 0 Å². The lowest BCUT2D eigenvalue weighted by Gasteiger charge is -2.14. The number of fused-ring (bicyclic) bond motifs is 1. The normalized spacial score (nSPS) is 10.9. The number of aryl methyl sites for hydroxylation is 2. The number of aromatic nitrogens is 5. The molecule has 0 spiro atoms. The van der Waals surface area contributed by atoms with E-state index in [1.807, 2.05) is 49.6 Å². The molecule has 168 valence electrons. The summed E-state index contributed by atoms with van der Waals surface area (Å²) in [5.41, 5.74) is 5.73. The molecule has 1 amide bonds. The quantitative estimate of drug-likeness (QED) is 0.418. The first-order valence-electron chi connectivity index (χ1n) is 10.7. The van der Waals surface area contributed by atoms with E-state index in [1.165, 1.54) is 6.33 Å². The summed E-state index contributed by atoms with van der Waals surface area (Å²) in [5.74, 6) is 0.231. The van der Waals surface area contributed by atoms with Crippen molar-refractivity contribution in [1.29, 1.82) is 0 Å². The van der Waals surface area contributed by atoms with Gasteiger partial charge in [0.2, 0.25) is 0 Å². The van der Waals surface area contributed by atoms with Gasteiger partial charge in [0.1, 0.15) is 17.8 Å². The van der Waals surface area contributed by atoms with E-state index in [2.05, 4.69) is 25.4 Å².